The van der Waals surface area contributed by atoms with Gasteiger partial charge in [-0.1, -0.05) is 12.1 Å². The summed E-state index contributed by atoms with van der Waals surface area (Å²) < 4.78 is 4.63. The molecule has 3 nitrogen and oxygen atoms in total. The predicted octanol–water partition coefficient (Wildman–Crippen LogP) is 1.58. The third kappa shape index (κ3) is 2.42. The van der Waals surface area contributed by atoms with Gasteiger partial charge in [-0.15, -0.1) is 0 Å². The molecule has 0 radical (unpaired) electrons. The highest BCUT2D eigenvalue weighted by Gasteiger charge is 2.19. The van der Waals surface area contributed by atoms with Crippen LogP contribution in [0.4, 0.5) is 0 Å². The van der Waals surface area contributed by atoms with E-state index in [1.807, 2.05) is 0 Å². The molecule has 0 amide bonds. The van der Waals surface area contributed by atoms with E-state index in [1.165, 1.54) is 13.2 Å². The number of phenolic OH excluding ortho intramolecular Hbond substituents is 1. The van der Waals surface area contributed by atoms with Gasteiger partial charge < -0.3 is 9.84 Å². The number of hydrogen-bond donors (Lipinski definition) is 2. The number of methoxy groups -OCH3 is 1. The number of benzene rings is 1. The van der Waals surface area contributed by atoms with Crippen molar-refractivity contribution >= 4 is 18.6 Å². The van der Waals surface area contributed by atoms with Crippen LogP contribution in [0.15, 0.2) is 24.3 Å². The first kappa shape index (κ1) is 10.9. The molecule has 0 aromatic heterocycles. The van der Waals surface area contributed by atoms with E-state index in [0.29, 0.717) is 11.3 Å². The van der Waals surface area contributed by atoms with Gasteiger partial charge in [-0.2, -0.15) is 12.6 Å². The van der Waals surface area contributed by atoms with E-state index in [-0.39, 0.29) is 11.7 Å². The van der Waals surface area contributed by atoms with E-state index in [1.54, 1.807) is 18.2 Å². The molecule has 1 aromatic carbocycles. The van der Waals surface area contributed by atoms with Gasteiger partial charge in [0.2, 0.25) is 0 Å². The quantitative estimate of drug-likeness (QED) is 0.590. The Bertz CT molecular complexity index is 325. The van der Waals surface area contributed by atoms with Crippen molar-refractivity contribution in [2.75, 3.05) is 12.9 Å². The lowest BCUT2D eigenvalue weighted by Gasteiger charge is -2.12. The van der Waals surface area contributed by atoms with E-state index in [0.717, 1.165) is 0 Å². The first-order valence-electron chi connectivity index (χ1n) is 4.16. The predicted molar refractivity (Wildman–Crippen MR) is 56.7 cm³/mol. The maximum Gasteiger partial charge on any atom is 0.313 e. The Kier molecular flexibility index (Phi) is 3.83. The van der Waals surface area contributed by atoms with Crippen LogP contribution in [0.1, 0.15) is 11.5 Å². The minimum Gasteiger partial charge on any atom is -0.508 e. The minimum absolute atomic E-state index is 0.137. The zero-order valence-corrected chi connectivity index (χ0v) is 8.70. The van der Waals surface area contributed by atoms with Crippen LogP contribution in [0.5, 0.6) is 5.75 Å². The summed E-state index contributed by atoms with van der Waals surface area (Å²) in [4.78, 5) is 11.3. The highest BCUT2D eigenvalue weighted by atomic mass is 32.1. The normalized spacial score (nSPS) is 12.1. The van der Waals surface area contributed by atoms with Gasteiger partial charge in [-0.25, -0.2) is 0 Å². The van der Waals surface area contributed by atoms with Crippen LogP contribution in [0.2, 0.25) is 0 Å². The Morgan fingerprint density at radius 1 is 1.64 bits per heavy atom. The molecule has 1 atom stereocenters. The molecule has 0 saturated carbocycles. The zero-order valence-electron chi connectivity index (χ0n) is 7.80. The second kappa shape index (κ2) is 4.91. The molecule has 1 N–H and O–H groups in total. The standard InChI is InChI=1S/C10H12O3S/c1-13-10(12)9(6-14)7-3-2-4-8(11)5-7/h2-5,9,11,14H,6H2,1H3. The Morgan fingerprint density at radius 2 is 2.36 bits per heavy atom. The van der Waals surface area contributed by atoms with E-state index in [9.17, 15) is 9.90 Å². The average Bonchev–Trinajstić information content (AvgIpc) is 2.19. The second-order valence-electron chi connectivity index (χ2n) is 2.85. The van der Waals surface area contributed by atoms with Crippen LogP contribution in [-0.2, 0) is 9.53 Å². The highest BCUT2D eigenvalue weighted by Crippen LogP contribution is 2.22. The van der Waals surface area contributed by atoms with Crippen LogP contribution in [0.25, 0.3) is 0 Å². The lowest BCUT2D eigenvalue weighted by atomic mass is 10.0. The van der Waals surface area contributed by atoms with Crippen LogP contribution in [-0.4, -0.2) is 23.9 Å². The number of carbonyl (C=O) groups excluding carboxylic acids is 1. The first-order chi connectivity index (χ1) is 6.69. The zero-order chi connectivity index (χ0) is 10.6. The van der Waals surface area contributed by atoms with Crippen LogP contribution < -0.4 is 0 Å². The molecule has 1 rings (SSSR count). The van der Waals surface area contributed by atoms with Gasteiger partial charge in [0.25, 0.3) is 0 Å². The highest BCUT2D eigenvalue weighted by molar-refractivity contribution is 7.80. The first-order valence-corrected chi connectivity index (χ1v) is 4.80. The van der Waals surface area contributed by atoms with Gasteiger partial charge in [0.05, 0.1) is 13.0 Å². The van der Waals surface area contributed by atoms with E-state index in [4.69, 9.17) is 0 Å². The summed E-state index contributed by atoms with van der Waals surface area (Å²) in [5, 5.41) is 9.23. The maximum atomic E-state index is 11.3. The number of carbonyl (C=O) groups is 1. The summed E-state index contributed by atoms with van der Waals surface area (Å²) in [6, 6.07) is 6.54. The smallest absolute Gasteiger partial charge is 0.313 e. The lowest BCUT2D eigenvalue weighted by molar-refractivity contribution is -0.141. The van der Waals surface area contributed by atoms with Crippen LogP contribution >= 0.6 is 12.6 Å². The largest absolute Gasteiger partial charge is 0.508 e. The monoisotopic (exact) mass is 212 g/mol. The van der Waals surface area contributed by atoms with Crippen molar-refractivity contribution in [2.24, 2.45) is 0 Å². The summed E-state index contributed by atoms with van der Waals surface area (Å²) in [5.74, 6) is -0.268. The van der Waals surface area contributed by atoms with Crippen LogP contribution in [0.3, 0.4) is 0 Å². The fourth-order valence-electron chi connectivity index (χ4n) is 1.20. The summed E-state index contributed by atoms with van der Waals surface area (Å²) in [6.07, 6.45) is 0. The molecule has 1 aromatic rings. The van der Waals surface area contributed by atoms with E-state index >= 15 is 0 Å². The van der Waals surface area contributed by atoms with Gasteiger partial charge in [-0.05, 0) is 17.7 Å². The summed E-state index contributed by atoms with van der Waals surface area (Å²) in [5.41, 5.74) is 0.715. The number of hydrogen-bond acceptors (Lipinski definition) is 4. The molecular formula is C10H12O3S. The molecule has 76 valence electrons. The average molecular weight is 212 g/mol. The Labute approximate surface area is 88.1 Å². The lowest BCUT2D eigenvalue weighted by Crippen LogP contribution is -2.15. The molecule has 4 heteroatoms. The van der Waals surface area contributed by atoms with Crippen molar-refractivity contribution in [3.63, 3.8) is 0 Å². The van der Waals surface area contributed by atoms with Gasteiger partial charge in [-0.3, -0.25) is 4.79 Å². The molecule has 0 heterocycles. The minimum atomic E-state index is -0.421. The second-order valence-corrected chi connectivity index (χ2v) is 3.22. The fourth-order valence-corrected chi connectivity index (χ4v) is 1.56. The molecule has 0 aliphatic rings. The van der Waals surface area contributed by atoms with Crippen molar-refractivity contribution in [1.29, 1.82) is 0 Å². The third-order valence-corrected chi connectivity index (χ3v) is 2.31. The number of rotatable bonds is 3. The Morgan fingerprint density at radius 3 is 2.86 bits per heavy atom. The number of thiol groups is 1. The van der Waals surface area contributed by atoms with Gasteiger partial charge in [0, 0.05) is 5.75 Å². The molecule has 14 heavy (non-hydrogen) atoms. The number of esters is 1. The molecule has 0 aliphatic carbocycles. The maximum absolute atomic E-state index is 11.3. The number of ether oxygens (including phenoxy) is 1. The van der Waals surface area contributed by atoms with Crippen molar-refractivity contribution in [2.45, 2.75) is 5.92 Å². The topological polar surface area (TPSA) is 46.5 Å². The van der Waals surface area contributed by atoms with E-state index < -0.39 is 5.92 Å². The fraction of sp³-hybridized carbons (Fsp3) is 0.300. The third-order valence-electron chi connectivity index (χ3n) is 1.94. The van der Waals surface area contributed by atoms with Crippen LogP contribution in [0, 0.1) is 0 Å². The SMILES string of the molecule is COC(=O)C(CS)c1cccc(O)c1. The Hall–Kier alpha value is -1.16. The van der Waals surface area contributed by atoms with Crippen molar-refractivity contribution < 1.29 is 14.6 Å². The number of aromatic hydroxyl groups is 1. The molecular weight excluding hydrogens is 200 g/mol. The number of phenols is 1. The van der Waals surface area contributed by atoms with Gasteiger partial charge >= 0.3 is 5.97 Å². The molecule has 0 aliphatic heterocycles. The summed E-state index contributed by atoms with van der Waals surface area (Å²) in [6.45, 7) is 0. The van der Waals surface area contributed by atoms with Crippen molar-refractivity contribution in [3.05, 3.63) is 29.8 Å². The molecule has 0 spiro atoms. The van der Waals surface area contributed by atoms with Gasteiger partial charge in [0.1, 0.15) is 5.75 Å². The molecule has 0 saturated heterocycles. The molecule has 1 unspecified atom stereocenters. The molecule has 0 fully saturated rings. The van der Waals surface area contributed by atoms with Gasteiger partial charge in [0.15, 0.2) is 0 Å². The summed E-state index contributed by atoms with van der Waals surface area (Å²) in [7, 11) is 1.33. The Balaban J connectivity index is 2.94. The van der Waals surface area contributed by atoms with Crippen molar-refractivity contribution in [3.8, 4) is 5.75 Å². The summed E-state index contributed by atoms with van der Waals surface area (Å²) >= 11 is 4.07. The van der Waals surface area contributed by atoms with E-state index in [2.05, 4.69) is 17.4 Å². The van der Waals surface area contributed by atoms with Crippen molar-refractivity contribution in [1.82, 2.24) is 0 Å². The molecule has 0 bridgehead atoms.